The fraction of sp³-hybridized carbons (Fsp3) is 0.462. The molecule has 1 aliphatic heterocycles. The van der Waals surface area contributed by atoms with Gasteiger partial charge in [-0.2, -0.15) is 0 Å². The maximum absolute atomic E-state index is 11.8. The van der Waals surface area contributed by atoms with Crippen molar-refractivity contribution < 1.29 is 14.5 Å². The van der Waals surface area contributed by atoms with Crippen molar-refractivity contribution in [3.8, 4) is 0 Å². The number of carbonyl (C=O) groups is 1. The lowest BCUT2D eigenvalue weighted by Gasteiger charge is -2.36. The minimum Gasteiger partial charge on any atom is -0.375 e. The molecule has 1 aromatic carbocycles. The van der Waals surface area contributed by atoms with Gasteiger partial charge in [-0.1, -0.05) is 23.2 Å². The van der Waals surface area contributed by atoms with Gasteiger partial charge in [0.05, 0.1) is 20.7 Å². The first-order valence-electron chi connectivity index (χ1n) is 6.59. The van der Waals surface area contributed by atoms with Gasteiger partial charge in [0.1, 0.15) is 6.61 Å². The van der Waals surface area contributed by atoms with Crippen LogP contribution in [0.4, 0.5) is 11.4 Å². The lowest BCUT2D eigenvalue weighted by atomic mass is 10.2. The van der Waals surface area contributed by atoms with Gasteiger partial charge in [-0.25, -0.2) is 0 Å². The molecule has 1 aromatic rings. The molecule has 1 aliphatic rings. The summed E-state index contributed by atoms with van der Waals surface area (Å²) in [7, 11) is 1.48. The molecular formula is C13H15Cl2N3O4. The van der Waals surface area contributed by atoms with E-state index in [0.717, 1.165) is 0 Å². The molecule has 1 heterocycles. The maximum atomic E-state index is 11.8. The molecule has 0 spiro atoms. The van der Waals surface area contributed by atoms with Gasteiger partial charge >= 0.3 is 0 Å². The third-order valence-electron chi connectivity index (χ3n) is 3.43. The first-order valence-corrected chi connectivity index (χ1v) is 7.34. The van der Waals surface area contributed by atoms with Crippen LogP contribution in [0, 0.1) is 10.1 Å². The van der Waals surface area contributed by atoms with Crippen LogP contribution in [0.5, 0.6) is 0 Å². The molecule has 0 aliphatic carbocycles. The predicted octanol–water partition coefficient (Wildman–Crippen LogP) is 2.20. The van der Waals surface area contributed by atoms with Gasteiger partial charge in [-0.15, -0.1) is 0 Å². The number of anilines is 1. The quantitative estimate of drug-likeness (QED) is 0.616. The number of ether oxygens (including phenoxy) is 1. The van der Waals surface area contributed by atoms with E-state index >= 15 is 0 Å². The number of benzene rings is 1. The van der Waals surface area contributed by atoms with Gasteiger partial charge < -0.3 is 14.5 Å². The zero-order chi connectivity index (χ0) is 16.3. The summed E-state index contributed by atoms with van der Waals surface area (Å²) in [4.78, 5) is 25.6. The summed E-state index contributed by atoms with van der Waals surface area (Å²) in [6, 6.07) is 2.57. The highest BCUT2D eigenvalue weighted by molar-refractivity contribution is 6.39. The average Bonchev–Trinajstić information content (AvgIpc) is 2.47. The van der Waals surface area contributed by atoms with Gasteiger partial charge in [0.2, 0.25) is 5.91 Å². The van der Waals surface area contributed by atoms with Crippen LogP contribution < -0.4 is 4.90 Å². The molecule has 1 amide bonds. The summed E-state index contributed by atoms with van der Waals surface area (Å²) in [6.07, 6.45) is 0. The first-order chi connectivity index (χ1) is 10.4. The fourth-order valence-corrected chi connectivity index (χ4v) is 3.07. The van der Waals surface area contributed by atoms with Crippen molar-refractivity contribution in [2.45, 2.75) is 0 Å². The minimum absolute atomic E-state index is 0.0546. The highest BCUT2D eigenvalue weighted by Gasteiger charge is 2.25. The predicted molar refractivity (Wildman–Crippen MR) is 83.8 cm³/mol. The van der Waals surface area contributed by atoms with Crippen LogP contribution in [0.2, 0.25) is 10.0 Å². The second-order valence-corrected chi connectivity index (χ2v) is 5.63. The molecule has 7 nitrogen and oxygen atoms in total. The van der Waals surface area contributed by atoms with E-state index in [1.54, 1.807) is 4.90 Å². The minimum atomic E-state index is -0.539. The van der Waals surface area contributed by atoms with Gasteiger partial charge in [-0.3, -0.25) is 14.9 Å². The summed E-state index contributed by atoms with van der Waals surface area (Å²) in [5.74, 6) is -0.0666. The molecule has 22 heavy (non-hydrogen) atoms. The number of methoxy groups -OCH3 is 1. The largest absolute Gasteiger partial charge is 0.375 e. The van der Waals surface area contributed by atoms with Crippen LogP contribution in [-0.2, 0) is 9.53 Å². The van der Waals surface area contributed by atoms with E-state index < -0.39 is 4.92 Å². The van der Waals surface area contributed by atoms with Crippen molar-refractivity contribution in [3.05, 3.63) is 32.3 Å². The van der Waals surface area contributed by atoms with E-state index in [1.807, 2.05) is 4.90 Å². The van der Waals surface area contributed by atoms with Crippen LogP contribution in [0.25, 0.3) is 0 Å². The van der Waals surface area contributed by atoms with Crippen molar-refractivity contribution in [2.75, 3.05) is 44.8 Å². The summed E-state index contributed by atoms with van der Waals surface area (Å²) in [5.41, 5.74) is 0.417. The molecule has 0 bridgehead atoms. The monoisotopic (exact) mass is 347 g/mol. The van der Waals surface area contributed by atoms with Crippen molar-refractivity contribution in [3.63, 3.8) is 0 Å². The molecule has 120 valence electrons. The Balaban J connectivity index is 2.12. The van der Waals surface area contributed by atoms with Crippen LogP contribution in [0.3, 0.4) is 0 Å². The van der Waals surface area contributed by atoms with E-state index in [-0.39, 0.29) is 28.2 Å². The summed E-state index contributed by atoms with van der Waals surface area (Å²) < 4.78 is 4.83. The Morgan fingerprint density at radius 2 is 1.82 bits per heavy atom. The Labute approximate surface area is 137 Å². The summed E-state index contributed by atoms with van der Waals surface area (Å²) in [5, 5.41) is 11.3. The van der Waals surface area contributed by atoms with Crippen molar-refractivity contribution in [1.29, 1.82) is 0 Å². The van der Waals surface area contributed by atoms with Gasteiger partial charge in [0.15, 0.2) is 0 Å². The number of halogens is 2. The van der Waals surface area contributed by atoms with Crippen LogP contribution in [0.15, 0.2) is 12.1 Å². The zero-order valence-corrected chi connectivity index (χ0v) is 13.4. The Hall–Kier alpha value is -1.57. The number of hydrogen-bond acceptors (Lipinski definition) is 5. The van der Waals surface area contributed by atoms with Crippen LogP contribution in [0.1, 0.15) is 0 Å². The first kappa shape index (κ1) is 16.8. The lowest BCUT2D eigenvalue weighted by molar-refractivity contribution is -0.384. The molecule has 0 N–H and O–H groups in total. The van der Waals surface area contributed by atoms with Crippen molar-refractivity contribution in [2.24, 2.45) is 0 Å². The SMILES string of the molecule is COCC(=O)N1CCN(c2c(Cl)cc([N+](=O)[O-])cc2Cl)CC1. The van der Waals surface area contributed by atoms with Crippen molar-refractivity contribution in [1.82, 2.24) is 4.90 Å². The Morgan fingerprint density at radius 1 is 1.27 bits per heavy atom. The molecule has 2 rings (SSSR count). The molecule has 1 fully saturated rings. The molecule has 9 heteroatoms. The third-order valence-corrected chi connectivity index (χ3v) is 4.01. The number of nitro groups is 1. The number of amides is 1. The topological polar surface area (TPSA) is 75.9 Å². The number of nitro benzene ring substituents is 1. The summed E-state index contributed by atoms with van der Waals surface area (Å²) >= 11 is 12.3. The molecular weight excluding hydrogens is 333 g/mol. The molecule has 0 saturated carbocycles. The molecule has 0 atom stereocenters. The smallest absolute Gasteiger partial charge is 0.272 e. The van der Waals surface area contributed by atoms with E-state index in [9.17, 15) is 14.9 Å². The van der Waals surface area contributed by atoms with E-state index in [4.69, 9.17) is 27.9 Å². The van der Waals surface area contributed by atoms with Gasteiger partial charge in [0, 0.05) is 45.4 Å². The van der Waals surface area contributed by atoms with Crippen LogP contribution >= 0.6 is 23.2 Å². The normalized spacial score (nSPS) is 15.0. The molecule has 0 aromatic heterocycles. The van der Waals surface area contributed by atoms with Gasteiger partial charge in [-0.05, 0) is 0 Å². The van der Waals surface area contributed by atoms with Gasteiger partial charge in [0.25, 0.3) is 5.69 Å². The number of carbonyl (C=O) groups excluding carboxylic acids is 1. The number of nitrogens with zero attached hydrogens (tertiary/aromatic N) is 3. The Bertz CT molecular complexity index is 566. The zero-order valence-electron chi connectivity index (χ0n) is 11.9. The fourth-order valence-electron chi connectivity index (χ4n) is 2.35. The Morgan fingerprint density at radius 3 is 2.27 bits per heavy atom. The Kier molecular flexibility index (Phi) is 5.44. The maximum Gasteiger partial charge on any atom is 0.272 e. The second-order valence-electron chi connectivity index (χ2n) is 4.82. The number of rotatable bonds is 4. The third kappa shape index (κ3) is 3.60. The van der Waals surface area contributed by atoms with E-state index in [1.165, 1.54) is 19.2 Å². The summed E-state index contributed by atoms with van der Waals surface area (Å²) in [6.45, 7) is 2.19. The van der Waals surface area contributed by atoms with E-state index in [2.05, 4.69) is 0 Å². The molecule has 0 radical (unpaired) electrons. The standard InChI is InChI=1S/C13H15Cl2N3O4/c1-22-8-12(19)16-2-4-17(5-3-16)13-10(14)6-9(18(20)21)7-11(13)15/h6-7H,2-5,8H2,1H3. The van der Waals surface area contributed by atoms with Crippen molar-refractivity contribution >= 4 is 40.5 Å². The molecule has 0 unspecified atom stereocenters. The number of hydrogen-bond donors (Lipinski definition) is 0. The second kappa shape index (κ2) is 7.13. The number of non-ortho nitro benzene ring substituents is 1. The number of piperazine rings is 1. The van der Waals surface area contributed by atoms with E-state index in [0.29, 0.717) is 31.9 Å². The molecule has 1 saturated heterocycles. The van der Waals surface area contributed by atoms with Crippen LogP contribution in [-0.4, -0.2) is 55.6 Å². The highest BCUT2D eigenvalue weighted by Crippen LogP contribution is 2.37. The average molecular weight is 348 g/mol. The highest BCUT2D eigenvalue weighted by atomic mass is 35.5. The lowest BCUT2D eigenvalue weighted by Crippen LogP contribution is -2.49.